The number of rotatable bonds is 4. The Kier molecular flexibility index (Phi) is 4.26. The third-order valence-electron chi connectivity index (χ3n) is 2.55. The van der Waals surface area contributed by atoms with Crippen molar-refractivity contribution >= 4 is 10.8 Å². The Morgan fingerprint density at radius 2 is 2.16 bits per heavy atom. The maximum Gasteiger partial charge on any atom is 0.140 e. The molecule has 0 aliphatic rings. The minimum atomic E-state index is -1.22. The van der Waals surface area contributed by atoms with Gasteiger partial charge in [0.2, 0.25) is 0 Å². The van der Waals surface area contributed by atoms with Crippen LogP contribution in [0.4, 0.5) is 0 Å². The summed E-state index contributed by atoms with van der Waals surface area (Å²) in [7, 11) is 0.334. The van der Waals surface area contributed by atoms with Gasteiger partial charge in [0, 0.05) is 6.20 Å². The first kappa shape index (κ1) is 13.2. The number of nitrogens with zero attached hydrogens (tertiary/aromatic N) is 2. The molecular weight excluding hydrogens is 260 g/mol. The Morgan fingerprint density at radius 3 is 2.89 bits per heavy atom. The topological polar surface area (TPSA) is 63.0 Å². The van der Waals surface area contributed by atoms with Crippen molar-refractivity contribution in [3.8, 4) is 11.8 Å². The first-order valence-electron chi connectivity index (χ1n) is 5.61. The second kappa shape index (κ2) is 6.12. The van der Waals surface area contributed by atoms with Gasteiger partial charge in [-0.05, 0) is 29.8 Å². The molecule has 0 saturated heterocycles. The van der Waals surface area contributed by atoms with E-state index in [0.29, 0.717) is 22.1 Å². The zero-order valence-corrected chi connectivity index (χ0v) is 11.2. The maximum atomic E-state index is 12.3. The number of hydrogen-bond donors (Lipinski definition) is 0. The summed E-state index contributed by atoms with van der Waals surface area (Å²) in [6.45, 7) is 0. The normalized spacial score (nSPS) is 11.6. The maximum absolute atomic E-state index is 12.3. The Labute approximate surface area is 114 Å². The second-order valence-corrected chi connectivity index (χ2v) is 5.22. The molecule has 1 heterocycles. The molecule has 1 aromatic carbocycles. The van der Waals surface area contributed by atoms with Gasteiger partial charge in [-0.1, -0.05) is 12.1 Å². The molecule has 0 radical (unpaired) electrons. The van der Waals surface area contributed by atoms with E-state index in [9.17, 15) is 4.21 Å². The molecule has 2 aromatic rings. The lowest BCUT2D eigenvalue weighted by Crippen LogP contribution is -2.00. The summed E-state index contributed by atoms with van der Waals surface area (Å²) in [5.74, 6) is 0.938. The lowest BCUT2D eigenvalue weighted by atomic mass is 10.2. The lowest BCUT2D eigenvalue weighted by Gasteiger charge is -2.07. The molecule has 4 nitrogen and oxygen atoms in total. The third-order valence-corrected chi connectivity index (χ3v) is 3.97. The largest absolute Gasteiger partial charge is 0.495 e. The predicted octanol–water partition coefficient (Wildman–Crippen LogP) is 2.27. The number of benzene rings is 1. The van der Waals surface area contributed by atoms with E-state index < -0.39 is 10.8 Å². The molecule has 0 aliphatic carbocycles. The first-order chi connectivity index (χ1) is 9.24. The standard InChI is InChI=1S/C14H12N2O2S/c1-18-13-4-2-3-5-14(13)19(17)10-11-6-7-16-12(8-11)9-15/h2-8H,10H2,1H3. The van der Waals surface area contributed by atoms with Gasteiger partial charge in [0.1, 0.15) is 17.5 Å². The fourth-order valence-electron chi connectivity index (χ4n) is 1.66. The Balaban J connectivity index is 2.23. The van der Waals surface area contributed by atoms with Crippen LogP contribution in [-0.2, 0) is 16.6 Å². The van der Waals surface area contributed by atoms with Crippen LogP contribution in [0.25, 0.3) is 0 Å². The Bertz CT molecular complexity index is 650. The van der Waals surface area contributed by atoms with Crippen LogP contribution in [-0.4, -0.2) is 16.3 Å². The molecule has 0 spiro atoms. The van der Waals surface area contributed by atoms with Crippen LogP contribution >= 0.6 is 0 Å². The van der Waals surface area contributed by atoms with Crippen LogP contribution in [0, 0.1) is 11.3 Å². The molecule has 96 valence electrons. The molecule has 1 atom stereocenters. The molecule has 2 rings (SSSR count). The van der Waals surface area contributed by atoms with E-state index in [2.05, 4.69) is 4.98 Å². The highest BCUT2D eigenvalue weighted by Gasteiger charge is 2.11. The van der Waals surface area contributed by atoms with Crippen LogP contribution in [0.15, 0.2) is 47.5 Å². The third kappa shape index (κ3) is 3.18. The van der Waals surface area contributed by atoms with E-state index in [1.54, 1.807) is 37.6 Å². The number of nitriles is 1. The van der Waals surface area contributed by atoms with Crippen molar-refractivity contribution < 1.29 is 8.95 Å². The minimum absolute atomic E-state index is 0.328. The number of hydrogen-bond acceptors (Lipinski definition) is 4. The zero-order chi connectivity index (χ0) is 13.7. The van der Waals surface area contributed by atoms with Crippen LogP contribution in [0.3, 0.4) is 0 Å². The minimum Gasteiger partial charge on any atom is -0.495 e. The second-order valence-electron chi connectivity index (χ2n) is 3.80. The van der Waals surface area contributed by atoms with E-state index >= 15 is 0 Å². The highest BCUT2D eigenvalue weighted by Crippen LogP contribution is 2.23. The first-order valence-corrected chi connectivity index (χ1v) is 6.93. The molecular formula is C14H12N2O2S. The predicted molar refractivity (Wildman–Crippen MR) is 72.1 cm³/mol. The Hall–Kier alpha value is -2.19. The van der Waals surface area contributed by atoms with Crippen molar-refractivity contribution in [3.63, 3.8) is 0 Å². The van der Waals surface area contributed by atoms with Crippen LogP contribution < -0.4 is 4.74 Å². The SMILES string of the molecule is COc1ccccc1S(=O)Cc1ccnc(C#N)c1. The smallest absolute Gasteiger partial charge is 0.140 e. The van der Waals surface area contributed by atoms with E-state index in [0.717, 1.165) is 5.56 Å². The molecule has 0 bridgehead atoms. The summed E-state index contributed by atoms with van der Waals surface area (Å²) in [4.78, 5) is 4.54. The molecule has 0 amide bonds. The van der Waals surface area contributed by atoms with Gasteiger partial charge in [-0.2, -0.15) is 5.26 Å². The number of para-hydroxylation sites is 1. The van der Waals surface area contributed by atoms with Gasteiger partial charge in [0.05, 0.1) is 28.6 Å². The molecule has 0 fully saturated rings. The van der Waals surface area contributed by atoms with Crippen LogP contribution in [0.2, 0.25) is 0 Å². The average Bonchev–Trinajstić information content (AvgIpc) is 2.47. The molecule has 0 saturated carbocycles. The zero-order valence-electron chi connectivity index (χ0n) is 10.4. The van der Waals surface area contributed by atoms with E-state index in [1.165, 1.54) is 0 Å². The number of methoxy groups -OCH3 is 1. The van der Waals surface area contributed by atoms with Crippen molar-refractivity contribution in [2.45, 2.75) is 10.6 Å². The highest BCUT2D eigenvalue weighted by molar-refractivity contribution is 7.84. The number of pyridine rings is 1. The van der Waals surface area contributed by atoms with Gasteiger partial charge in [-0.15, -0.1) is 0 Å². The van der Waals surface area contributed by atoms with E-state index in [4.69, 9.17) is 10.00 Å². The van der Waals surface area contributed by atoms with Crippen molar-refractivity contribution in [2.75, 3.05) is 7.11 Å². The molecule has 1 aromatic heterocycles. The summed E-state index contributed by atoms with van der Waals surface area (Å²) in [5.41, 5.74) is 1.14. The van der Waals surface area contributed by atoms with Gasteiger partial charge >= 0.3 is 0 Å². The number of aromatic nitrogens is 1. The summed E-state index contributed by atoms with van der Waals surface area (Å²) in [5, 5.41) is 8.79. The fourth-order valence-corrected chi connectivity index (χ4v) is 2.91. The van der Waals surface area contributed by atoms with Gasteiger partial charge in [0.25, 0.3) is 0 Å². The van der Waals surface area contributed by atoms with Gasteiger partial charge in [-0.25, -0.2) is 4.98 Å². The Morgan fingerprint density at radius 1 is 1.37 bits per heavy atom. The fraction of sp³-hybridized carbons (Fsp3) is 0.143. The van der Waals surface area contributed by atoms with Gasteiger partial charge in [0.15, 0.2) is 0 Å². The van der Waals surface area contributed by atoms with Crippen LogP contribution in [0.5, 0.6) is 5.75 Å². The summed E-state index contributed by atoms with van der Waals surface area (Å²) >= 11 is 0. The molecule has 5 heteroatoms. The summed E-state index contributed by atoms with van der Waals surface area (Å²) in [6.07, 6.45) is 1.55. The van der Waals surface area contributed by atoms with Crippen LogP contribution in [0.1, 0.15) is 11.3 Å². The molecule has 1 unspecified atom stereocenters. The monoisotopic (exact) mass is 272 g/mol. The lowest BCUT2D eigenvalue weighted by molar-refractivity contribution is 0.404. The highest BCUT2D eigenvalue weighted by atomic mass is 32.2. The van der Waals surface area contributed by atoms with E-state index in [1.807, 2.05) is 18.2 Å². The quantitative estimate of drug-likeness (QED) is 0.856. The van der Waals surface area contributed by atoms with Crippen molar-refractivity contribution in [1.82, 2.24) is 4.98 Å². The van der Waals surface area contributed by atoms with Gasteiger partial charge < -0.3 is 4.74 Å². The van der Waals surface area contributed by atoms with Crippen molar-refractivity contribution in [1.29, 1.82) is 5.26 Å². The summed E-state index contributed by atoms with van der Waals surface area (Å²) in [6, 6.07) is 12.6. The number of ether oxygens (including phenoxy) is 1. The van der Waals surface area contributed by atoms with E-state index in [-0.39, 0.29) is 0 Å². The van der Waals surface area contributed by atoms with Crippen molar-refractivity contribution in [2.24, 2.45) is 0 Å². The molecule has 0 N–H and O–H groups in total. The molecule has 0 aliphatic heterocycles. The summed E-state index contributed by atoms with van der Waals surface area (Å²) < 4.78 is 17.5. The molecule has 19 heavy (non-hydrogen) atoms. The van der Waals surface area contributed by atoms with Crippen molar-refractivity contribution in [3.05, 3.63) is 53.9 Å². The van der Waals surface area contributed by atoms with Gasteiger partial charge in [-0.3, -0.25) is 4.21 Å². The average molecular weight is 272 g/mol.